The molecule has 4 N–H and O–H groups in total. The molecule has 0 aromatic heterocycles. The van der Waals surface area contributed by atoms with Crippen LogP contribution in [0.5, 0.6) is 0 Å². The summed E-state index contributed by atoms with van der Waals surface area (Å²) >= 11 is 0. The van der Waals surface area contributed by atoms with Crippen LogP contribution < -0.4 is 16.4 Å². The number of benzene rings is 1. The number of aliphatic imine (C=N–C) groups is 1. The van der Waals surface area contributed by atoms with Crippen LogP contribution in [0.2, 0.25) is 0 Å². The summed E-state index contributed by atoms with van der Waals surface area (Å²) < 4.78 is 5.00. The zero-order valence-corrected chi connectivity index (χ0v) is 16.0. The van der Waals surface area contributed by atoms with Crippen molar-refractivity contribution >= 4 is 23.6 Å². The van der Waals surface area contributed by atoms with Gasteiger partial charge in [-0.25, -0.2) is 9.79 Å². The molecule has 2 rings (SSSR count). The molecule has 1 aliphatic heterocycles. The molecule has 1 fully saturated rings. The summed E-state index contributed by atoms with van der Waals surface area (Å²) in [5, 5.41) is 5.94. The van der Waals surface area contributed by atoms with Crippen LogP contribution in [0, 0.1) is 0 Å². The van der Waals surface area contributed by atoms with Gasteiger partial charge < -0.3 is 26.0 Å². The van der Waals surface area contributed by atoms with Gasteiger partial charge >= 0.3 is 6.09 Å². The smallest absolute Gasteiger partial charge is 0.409 e. The lowest BCUT2D eigenvalue weighted by molar-refractivity contribution is -0.114. The predicted octanol–water partition coefficient (Wildman–Crippen LogP) is 1.71. The van der Waals surface area contributed by atoms with E-state index in [2.05, 4.69) is 22.5 Å². The first-order valence-corrected chi connectivity index (χ1v) is 9.38. The third-order valence-electron chi connectivity index (χ3n) is 4.38. The first kappa shape index (κ1) is 20.5. The fourth-order valence-corrected chi connectivity index (χ4v) is 2.90. The molecule has 0 saturated carbocycles. The van der Waals surface area contributed by atoms with Crippen LogP contribution in [0.4, 0.5) is 10.5 Å². The maximum atomic E-state index is 12.0. The third-order valence-corrected chi connectivity index (χ3v) is 4.38. The van der Waals surface area contributed by atoms with Crippen molar-refractivity contribution in [2.24, 2.45) is 10.7 Å². The molecule has 0 spiro atoms. The number of aryl methyl sites for hydroxylation is 1. The maximum Gasteiger partial charge on any atom is 0.409 e. The molecular weight excluding hydrogens is 346 g/mol. The number of piperidine rings is 1. The monoisotopic (exact) mass is 375 g/mol. The summed E-state index contributed by atoms with van der Waals surface area (Å²) in [6.45, 7) is 5.41. The highest BCUT2D eigenvalue weighted by Gasteiger charge is 2.23. The number of amides is 2. The molecule has 0 atom stereocenters. The number of ether oxygens (including phenoxy) is 1. The Morgan fingerprint density at radius 1 is 1.30 bits per heavy atom. The number of nitrogens with two attached hydrogens (primary N) is 1. The molecule has 1 aromatic rings. The minimum absolute atomic E-state index is 0.0448. The number of anilines is 1. The standard InChI is InChI=1S/C19H29N5O3/c1-3-14-6-5-7-16(12-14)22-17(25)13-21-18(20)23-15-8-10-24(11-9-15)19(26)27-4-2/h5-7,12,15H,3-4,8-11,13H2,1-2H3,(H,22,25)(H3,20,21,23). The second-order valence-corrected chi connectivity index (χ2v) is 6.41. The lowest BCUT2D eigenvalue weighted by atomic mass is 10.1. The van der Waals surface area contributed by atoms with Gasteiger partial charge in [-0.15, -0.1) is 0 Å². The molecule has 1 aliphatic rings. The number of likely N-dealkylation sites (tertiary alicyclic amines) is 1. The highest BCUT2D eigenvalue weighted by molar-refractivity contribution is 5.94. The molecule has 8 nitrogen and oxygen atoms in total. The summed E-state index contributed by atoms with van der Waals surface area (Å²) in [4.78, 5) is 29.5. The molecular formula is C19H29N5O3. The van der Waals surface area contributed by atoms with E-state index in [0.717, 1.165) is 30.5 Å². The number of hydrogen-bond donors (Lipinski definition) is 3. The Kier molecular flexibility index (Phi) is 7.91. The molecule has 0 aliphatic carbocycles. The molecule has 1 heterocycles. The van der Waals surface area contributed by atoms with E-state index in [1.54, 1.807) is 11.8 Å². The zero-order chi connectivity index (χ0) is 19.6. The Hall–Kier alpha value is -2.77. The van der Waals surface area contributed by atoms with Crippen LogP contribution in [0.15, 0.2) is 29.3 Å². The average Bonchev–Trinajstić information content (AvgIpc) is 2.67. The van der Waals surface area contributed by atoms with E-state index in [1.165, 1.54) is 0 Å². The van der Waals surface area contributed by atoms with Crippen LogP contribution in [0.1, 0.15) is 32.3 Å². The number of hydrogen-bond acceptors (Lipinski definition) is 4. The average molecular weight is 375 g/mol. The lowest BCUT2D eigenvalue weighted by Crippen LogP contribution is -2.48. The second-order valence-electron chi connectivity index (χ2n) is 6.41. The topological polar surface area (TPSA) is 109 Å². The number of rotatable bonds is 6. The van der Waals surface area contributed by atoms with Gasteiger partial charge in [0.25, 0.3) is 0 Å². The Morgan fingerprint density at radius 2 is 2.04 bits per heavy atom. The van der Waals surface area contributed by atoms with Crippen LogP contribution in [0.3, 0.4) is 0 Å². The van der Waals surface area contributed by atoms with Gasteiger partial charge in [0, 0.05) is 24.8 Å². The first-order chi connectivity index (χ1) is 13.0. The summed E-state index contributed by atoms with van der Waals surface area (Å²) in [5.74, 6) is 0.0205. The van der Waals surface area contributed by atoms with Gasteiger partial charge in [-0.3, -0.25) is 4.79 Å². The number of nitrogens with zero attached hydrogens (tertiary/aromatic N) is 2. The second kappa shape index (κ2) is 10.4. The molecule has 2 amide bonds. The van der Waals surface area contributed by atoms with Gasteiger partial charge in [0.15, 0.2) is 5.96 Å². The molecule has 1 saturated heterocycles. The highest BCUT2D eigenvalue weighted by atomic mass is 16.6. The van der Waals surface area contributed by atoms with Crippen LogP contribution in [-0.4, -0.2) is 55.1 Å². The summed E-state index contributed by atoms with van der Waals surface area (Å²) in [7, 11) is 0. The van der Waals surface area contributed by atoms with Gasteiger partial charge in [-0.2, -0.15) is 0 Å². The Bertz CT molecular complexity index is 669. The van der Waals surface area contributed by atoms with E-state index in [9.17, 15) is 9.59 Å². The van der Waals surface area contributed by atoms with Crippen molar-refractivity contribution in [3.05, 3.63) is 29.8 Å². The maximum absolute atomic E-state index is 12.0. The molecule has 1 aromatic carbocycles. The Balaban J connectivity index is 1.74. The fraction of sp³-hybridized carbons (Fsp3) is 0.526. The minimum atomic E-state index is -0.276. The normalized spacial score (nSPS) is 15.3. The van der Waals surface area contributed by atoms with Crippen molar-refractivity contribution < 1.29 is 14.3 Å². The Morgan fingerprint density at radius 3 is 2.70 bits per heavy atom. The third kappa shape index (κ3) is 6.80. The fourth-order valence-electron chi connectivity index (χ4n) is 2.90. The van der Waals surface area contributed by atoms with E-state index in [4.69, 9.17) is 10.5 Å². The number of guanidine groups is 1. The quantitative estimate of drug-likeness (QED) is 0.518. The van der Waals surface area contributed by atoms with E-state index in [0.29, 0.717) is 19.7 Å². The summed E-state index contributed by atoms with van der Waals surface area (Å²) in [5.41, 5.74) is 7.80. The predicted molar refractivity (Wildman–Crippen MR) is 106 cm³/mol. The minimum Gasteiger partial charge on any atom is -0.450 e. The van der Waals surface area contributed by atoms with Crippen molar-refractivity contribution in [2.75, 3.05) is 31.6 Å². The number of nitrogens with one attached hydrogen (secondary N) is 2. The highest BCUT2D eigenvalue weighted by Crippen LogP contribution is 2.12. The lowest BCUT2D eigenvalue weighted by Gasteiger charge is -2.31. The van der Waals surface area contributed by atoms with E-state index in [1.807, 2.05) is 24.3 Å². The Labute approximate surface area is 160 Å². The van der Waals surface area contributed by atoms with Gasteiger partial charge in [0.05, 0.1) is 6.61 Å². The molecule has 0 unspecified atom stereocenters. The summed E-state index contributed by atoms with van der Waals surface area (Å²) in [6.07, 6.45) is 2.14. The van der Waals surface area contributed by atoms with E-state index < -0.39 is 0 Å². The van der Waals surface area contributed by atoms with Crippen molar-refractivity contribution in [3.63, 3.8) is 0 Å². The largest absolute Gasteiger partial charge is 0.450 e. The van der Waals surface area contributed by atoms with Gasteiger partial charge in [-0.1, -0.05) is 19.1 Å². The van der Waals surface area contributed by atoms with Crippen molar-refractivity contribution in [2.45, 2.75) is 39.2 Å². The van der Waals surface area contributed by atoms with Gasteiger partial charge in [0.2, 0.25) is 5.91 Å². The molecule has 27 heavy (non-hydrogen) atoms. The van der Waals surface area contributed by atoms with Crippen LogP contribution in [0.25, 0.3) is 0 Å². The van der Waals surface area contributed by atoms with Crippen molar-refractivity contribution in [1.82, 2.24) is 10.2 Å². The number of carbonyl (C=O) groups excluding carboxylic acids is 2. The molecule has 0 bridgehead atoms. The first-order valence-electron chi connectivity index (χ1n) is 9.38. The number of carbonyl (C=O) groups is 2. The zero-order valence-electron chi connectivity index (χ0n) is 16.0. The molecule has 8 heteroatoms. The summed E-state index contributed by atoms with van der Waals surface area (Å²) in [6, 6.07) is 7.85. The van der Waals surface area contributed by atoms with Crippen LogP contribution in [-0.2, 0) is 16.0 Å². The van der Waals surface area contributed by atoms with Gasteiger partial charge in [0.1, 0.15) is 6.54 Å². The van der Waals surface area contributed by atoms with Gasteiger partial charge in [-0.05, 0) is 43.9 Å². The SMILES string of the molecule is CCOC(=O)N1CCC(NC(N)=NCC(=O)Nc2cccc(CC)c2)CC1. The van der Waals surface area contributed by atoms with Crippen molar-refractivity contribution in [3.8, 4) is 0 Å². The molecule has 148 valence electrons. The van der Waals surface area contributed by atoms with E-state index in [-0.39, 0.29) is 30.5 Å². The van der Waals surface area contributed by atoms with Crippen molar-refractivity contribution in [1.29, 1.82) is 0 Å². The molecule has 0 radical (unpaired) electrons. The van der Waals surface area contributed by atoms with Crippen LogP contribution >= 0.6 is 0 Å². The van der Waals surface area contributed by atoms with E-state index >= 15 is 0 Å².